The molecular weight excluding hydrogens is 326 g/mol. The molecule has 22 heavy (non-hydrogen) atoms. The van der Waals surface area contributed by atoms with Crippen molar-refractivity contribution in [1.82, 2.24) is 10.0 Å². The fraction of sp³-hybridized carbons (Fsp3) is 0.385. The number of thioether (sulfide) groups is 1. The van der Waals surface area contributed by atoms with Crippen LogP contribution < -0.4 is 15.4 Å². The number of fused-ring (bicyclic) bond motifs is 1. The Balaban J connectivity index is 1.97. The van der Waals surface area contributed by atoms with Crippen molar-refractivity contribution in [3.8, 4) is 0 Å². The zero-order valence-corrected chi connectivity index (χ0v) is 13.8. The van der Waals surface area contributed by atoms with E-state index in [2.05, 4.69) is 15.4 Å². The number of amides is 2. The van der Waals surface area contributed by atoms with E-state index in [4.69, 9.17) is 0 Å². The number of hydrogen-bond acceptors (Lipinski definition) is 5. The third kappa shape index (κ3) is 4.46. The van der Waals surface area contributed by atoms with Gasteiger partial charge < -0.3 is 10.6 Å². The molecule has 0 spiro atoms. The van der Waals surface area contributed by atoms with E-state index < -0.39 is 10.0 Å². The van der Waals surface area contributed by atoms with Gasteiger partial charge in [-0.15, -0.1) is 11.8 Å². The molecule has 9 heteroatoms. The minimum absolute atomic E-state index is 0.0904. The van der Waals surface area contributed by atoms with Crippen LogP contribution in [-0.2, 0) is 14.8 Å². The number of sulfonamides is 1. The summed E-state index contributed by atoms with van der Waals surface area (Å²) >= 11 is 1.44. The number of hydrogen-bond donors (Lipinski definition) is 3. The fourth-order valence-corrected chi connectivity index (χ4v) is 3.27. The summed E-state index contributed by atoms with van der Waals surface area (Å²) in [5, 5.41) is 5.22. The van der Waals surface area contributed by atoms with Gasteiger partial charge in [-0.3, -0.25) is 9.59 Å². The van der Waals surface area contributed by atoms with Gasteiger partial charge in [0.05, 0.1) is 17.2 Å². The fourth-order valence-electron chi connectivity index (χ4n) is 1.86. The summed E-state index contributed by atoms with van der Waals surface area (Å²) in [6.07, 6.45) is 1.06. The molecule has 0 saturated carbocycles. The molecule has 0 aromatic heterocycles. The SMILES string of the molecule is C[C@@H]1Sc2ccc(C(=O)NCCNS(C)(=O)=O)cc2NC1=O. The van der Waals surface area contributed by atoms with Crippen molar-refractivity contribution >= 4 is 39.3 Å². The molecule has 1 atom stereocenters. The average Bonchev–Trinajstić information content (AvgIpc) is 2.43. The standard InChI is InChI=1S/C13H17N3O4S2/c1-8-12(17)16-10-7-9(3-4-11(10)21-8)13(18)14-5-6-15-22(2,19)20/h3-4,7-8,15H,5-6H2,1-2H3,(H,14,18)(H,16,17)/t8-/m0/s1. The predicted octanol–water partition coefficient (Wildman–Crippen LogP) is 0.398. The molecule has 1 aliphatic heterocycles. The molecular formula is C13H17N3O4S2. The second-order valence-corrected chi connectivity index (χ2v) is 8.10. The van der Waals surface area contributed by atoms with Crippen LogP contribution in [0.4, 0.5) is 5.69 Å². The van der Waals surface area contributed by atoms with E-state index in [0.717, 1.165) is 11.2 Å². The number of nitrogens with one attached hydrogen (secondary N) is 3. The molecule has 0 aliphatic carbocycles. The van der Waals surface area contributed by atoms with E-state index in [1.54, 1.807) is 18.2 Å². The molecule has 3 N–H and O–H groups in total. The lowest BCUT2D eigenvalue weighted by Gasteiger charge is -2.21. The first kappa shape index (κ1) is 16.8. The van der Waals surface area contributed by atoms with Crippen molar-refractivity contribution in [2.75, 3.05) is 24.7 Å². The molecule has 120 valence electrons. The molecule has 1 heterocycles. The molecule has 2 rings (SSSR count). The van der Waals surface area contributed by atoms with Gasteiger partial charge in [0.2, 0.25) is 15.9 Å². The Morgan fingerprint density at radius 1 is 1.36 bits per heavy atom. The quantitative estimate of drug-likeness (QED) is 0.671. The maximum atomic E-state index is 12.0. The van der Waals surface area contributed by atoms with Crippen LogP contribution in [0.25, 0.3) is 0 Å². The zero-order chi connectivity index (χ0) is 16.3. The molecule has 1 aromatic rings. The Labute approximate surface area is 133 Å². The molecule has 0 radical (unpaired) electrons. The first-order valence-electron chi connectivity index (χ1n) is 6.60. The lowest BCUT2D eigenvalue weighted by molar-refractivity contribution is -0.115. The van der Waals surface area contributed by atoms with Crippen molar-refractivity contribution < 1.29 is 18.0 Å². The summed E-state index contributed by atoms with van der Waals surface area (Å²) in [6.45, 7) is 2.12. The normalized spacial score (nSPS) is 17.5. The molecule has 0 bridgehead atoms. The van der Waals surface area contributed by atoms with Crippen molar-refractivity contribution in [3.05, 3.63) is 23.8 Å². The minimum atomic E-state index is -3.26. The van der Waals surface area contributed by atoms with E-state index in [9.17, 15) is 18.0 Å². The van der Waals surface area contributed by atoms with E-state index >= 15 is 0 Å². The summed E-state index contributed by atoms with van der Waals surface area (Å²) in [6, 6.07) is 5.08. The van der Waals surface area contributed by atoms with Crippen LogP contribution in [-0.4, -0.2) is 44.8 Å². The average molecular weight is 343 g/mol. The van der Waals surface area contributed by atoms with Crippen LogP contribution in [0.1, 0.15) is 17.3 Å². The van der Waals surface area contributed by atoms with Crippen molar-refractivity contribution in [1.29, 1.82) is 0 Å². The molecule has 0 unspecified atom stereocenters. The number of anilines is 1. The zero-order valence-electron chi connectivity index (χ0n) is 12.2. The van der Waals surface area contributed by atoms with Crippen LogP contribution in [0.5, 0.6) is 0 Å². The van der Waals surface area contributed by atoms with E-state index in [1.165, 1.54) is 11.8 Å². The van der Waals surface area contributed by atoms with Gasteiger partial charge in [0.15, 0.2) is 0 Å². The van der Waals surface area contributed by atoms with Crippen LogP contribution in [0.3, 0.4) is 0 Å². The van der Waals surface area contributed by atoms with Crippen LogP contribution in [0.15, 0.2) is 23.1 Å². The van der Waals surface area contributed by atoms with Gasteiger partial charge in [-0.05, 0) is 25.1 Å². The largest absolute Gasteiger partial charge is 0.351 e. The van der Waals surface area contributed by atoms with E-state index in [0.29, 0.717) is 11.3 Å². The highest BCUT2D eigenvalue weighted by molar-refractivity contribution is 8.01. The minimum Gasteiger partial charge on any atom is -0.351 e. The first-order valence-corrected chi connectivity index (χ1v) is 9.38. The highest BCUT2D eigenvalue weighted by Gasteiger charge is 2.23. The maximum absolute atomic E-state index is 12.0. The monoisotopic (exact) mass is 343 g/mol. The Morgan fingerprint density at radius 2 is 2.09 bits per heavy atom. The molecule has 2 amide bonds. The summed E-state index contributed by atoms with van der Waals surface area (Å²) in [5.74, 6) is -0.414. The van der Waals surface area contributed by atoms with Crippen molar-refractivity contribution in [2.45, 2.75) is 17.1 Å². The lowest BCUT2D eigenvalue weighted by atomic mass is 10.1. The smallest absolute Gasteiger partial charge is 0.251 e. The van der Waals surface area contributed by atoms with Crippen LogP contribution in [0, 0.1) is 0 Å². The predicted molar refractivity (Wildman–Crippen MR) is 85.6 cm³/mol. The molecule has 7 nitrogen and oxygen atoms in total. The molecule has 0 saturated heterocycles. The van der Waals surface area contributed by atoms with Gasteiger partial charge in [-0.2, -0.15) is 0 Å². The highest BCUT2D eigenvalue weighted by atomic mass is 32.2. The van der Waals surface area contributed by atoms with E-state index in [-0.39, 0.29) is 30.2 Å². The van der Waals surface area contributed by atoms with Crippen LogP contribution >= 0.6 is 11.8 Å². The second-order valence-electron chi connectivity index (χ2n) is 4.88. The Morgan fingerprint density at radius 3 is 2.77 bits per heavy atom. The third-order valence-corrected chi connectivity index (χ3v) is 4.85. The second kappa shape index (κ2) is 6.67. The summed E-state index contributed by atoms with van der Waals surface area (Å²) in [4.78, 5) is 24.6. The van der Waals surface area contributed by atoms with Gasteiger partial charge in [-0.1, -0.05) is 0 Å². The summed E-state index contributed by atoms with van der Waals surface area (Å²) in [5.41, 5.74) is 1.03. The number of carbonyl (C=O) groups is 2. The summed E-state index contributed by atoms with van der Waals surface area (Å²) < 4.78 is 24.1. The topological polar surface area (TPSA) is 104 Å². The third-order valence-electron chi connectivity index (χ3n) is 2.95. The van der Waals surface area contributed by atoms with Gasteiger partial charge in [0, 0.05) is 23.5 Å². The molecule has 0 fully saturated rings. The molecule has 1 aromatic carbocycles. The van der Waals surface area contributed by atoms with E-state index in [1.807, 2.05) is 6.92 Å². The maximum Gasteiger partial charge on any atom is 0.251 e. The Kier molecular flexibility index (Phi) is 5.09. The van der Waals surface area contributed by atoms with Crippen molar-refractivity contribution in [3.63, 3.8) is 0 Å². The highest BCUT2D eigenvalue weighted by Crippen LogP contribution is 2.35. The Bertz CT molecular complexity index is 703. The summed E-state index contributed by atoms with van der Waals surface area (Å²) in [7, 11) is -3.26. The van der Waals surface area contributed by atoms with Crippen molar-refractivity contribution in [2.24, 2.45) is 0 Å². The number of carbonyl (C=O) groups excluding carboxylic acids is 2. The van der Waals surface area contributed by atoms with Crippen LogP contribution in [0.2, 0.25) is 0 Å². The first-order chi connectivity index (χ1) is 10.3. The Hall–Kier alpha value is -1.58. The van der Waals surface area contributed by atoms with Gasteiger partial charge in [0.1, 0.15) is 0 Å². The number of benzene rings is 1. The van der Waals surface area contributed by atoms with Gasteiger partial charge in [0.25, 0.3) is 5.91 Å². The lowest BCUT2D eigenvalue weighted by Crippen LogP contribution is -2.34. The van der Waals surface area contributed by atoms with Gasteiger partial charge >= 0.3 is 0 Å². The molecule has 1 aliphatic rings. The van der Waals surface area contributed by atoms with Gasteiger partial charge in [-0.25, -0.2) is 13.1 Å². The number of rotatable bonds is 5.